The van der Waals surface area contributed by atoms with Gasteiger partial charge in [0.05, 0.1) is 9.79 Å². The fourth-order valence-corrected chi connectivity index (χ4v) is 16.5. The number of hydrogen-bond acceptors (Lipinski definition) is 6. The van der Waals surface area contributed by atoms with Crippen LogP contribution in [0.25, 0.3) is 33.4 Å². The van der Waals surface area contributed by atoms with Crippen LogP contribution in [0.4, 0.5) is 17.1 Å². The van der Waals surface area contributed by atoms with E-state index in [2.05, 4.69) is 224 Å². The Balaban J connectivity index is 0.908. The van der Waals surface area contributed by atoms with Crippen LogP contribution >= 0.6 is 35.3 Å². The maximum absolute atomic E-state index is 6.98. The molecule has 6 aliphatic rings. The topological polar surface area (TPSA) is 21.7 Å². The van der Waals surface area contributed by atoms with E-state index in [0.717, 1.165) is 49.9 Å². The molecule has 0 amide bonds. The van der Waals surface area contributed by atoms with Gasteiger partial charge in [-0.05, 0) is 129 Å². The lowest BCUT2D eigenvalue weighted by atomic mass is 9.74. The van der Waals surface area contributed by atoms with Crippen LogP contribution in [0.15, 0.2) is 193 Å². The van der Waals surface area contributed by atoms with Gasteiger partial charge in [-0.2, -0.15) is 0 Å². The summed E-state index contributed by atoms with van der Waals surface area (Å²) in [5.41, 5.74) is 20.5. The van der Waals surface area contributed by atoms with Crippen LogP contribution in [-0.2, 0) is 21.7 Å². The molecule has 9 aromatic rings. The molecule has 3 aliphatic heterocycles. The largest absolute Gasteiger partial charge is 0.456 e. The first-order valence-corrected chi connectivity index (χ1v) is 27.6. The van der Waals surface area contributed by atoms with Crippen molar-refractivity contribution in [3.63, 3.8) is 0 Å². The molecule has 0 radical (unpaired) electrons. The Labute approximate surface area is 435 Å². The van der Waals surface area contributed by atoms with E-state index in [-0.39, 0.29) is 21.7 Å². The average Bonchev–Trinajstić information content (AvgIpc) is 3.87. The second-order valence-electron chi connectivity index (χ2n) is 22.4. The highest BCUT2D eigenvalue weighted by atomic mass is 32.2. The van der Waals surface area contributed by atoms with Gasteiger partial charge in [0.15, 0.2) is 0 Å². The number of para-hydroxylation sites is 2. The molecule has 0 saturated carbocycles. The monoisotopic (exact) mass is 985 g/mol. The minimum atomic E-state index is -0.280. The number of benzene rings is 9. The molecule has 9 aromatic carbocycles. The standard InChI is InChI=1S/C66H51NO2S3/c1-63(2)42-15-9-10-16-50(42)68-60-46(63)28-27-43-57(60)39-24-21-36(33-47(39)64(43,3)4)67(37-22-25-40-48(34-37)65(5,6)44-29-31-55-61(58(40)44)69-51-17-11-12-18-52(51)70-55)38-23-26-41-49(35-38)66(7,8)45-30-32-56-62(59(41)45)72-54-20-14-13-19-53(54)71-56/h9-35H,1-8H3. The summed E-state index contributed by atoms with van der Waals surface area (Å²) in [6.07, 6.45) is 0. The fraction of sp³-hybridized carbons (Fsp3) is 0.182. The summed E-state index contributed by atoms with van der Waals surface area (Å²) in [6.45, 7) is 19.0. The van der Waals surface area contributed by atoms with Crippen LogP contribution in [0.2, 0.25) is 0 Å². The van der Waals surface area contributed by atoms with Crippen LogP contribution in [0.3, 0.4) is 0 Å². The van der Waals surface area contributed by atoms with Gasteiger partial charge in [0.25, 0.3) is 0 Å². The van der Waals surface area contributed by atoms with E-state index in [1.807, 2.05) is 23.5 Å². The lowest BCUT2D eigenvalue weighted by molar-refractivity contribution is 0.419. The minimum Gasteiger partial charge on any atom is -0.456 e. The molecule has 0 bridgehead atoms. The van der Waals surface area contributed by atoms with Gasteiger partial charge in [0.1, 0.15) is 23.0 Å². The van der Waals surface area contributed by atoms with Crippen LogP contribution in [0, 0.1) is 0 Å². The quantitative estimate of drug-likeness (QED) is 0.175. The number of fused-ring (bicyclic) bond motifs is 18. The van der Waals surface area contributed by atoms with Crippen molar-refractivity contribution in [2.75, 3.05) is 4.90 Å². The first kappa shape index (κ1) is 43.1. The van der Waals surface area contributed by atoms with E-state index in [4.69, 9.17) is 9.47 Å². The molecule has 3 aliphatic carbocycles. The zero-order chi connectivity index (χ0) is 48.8. The Bertz CT molecular complexity index is 3770. The van der Waals surface area contributed by atoms with Crippen molar-refractivity contribution in [1.82, 2.24) is 0 Å². The molecule has 0 saturated heterocycles. The lowest BCUT2D eigenvalue weighted by Gasteiger charge is -2.36. The molecular weight excluding hydrogens is 935 g/mol. The maximum atomic E-state index is 6.98. The summed E-state index contributed by atoms with van der Waals surface area (Å²) in [5.74, 6) is 3.82. The molecule has 15 rings (SSSR count). The van der Waals surface area contributed by atoms with Crippen molar-refractivity contribution in [1.29, 1.82) is 0 Å². The Hall–Kier alpha value is -6.57. The lowest BCUT2D eigenvalue weighted by Crippen LogP contribution is -2.25. The maximum Gasteiger partial charge on any atom is 0.149 e. The second-order valence-corrected chi connectivity index (χ2v) is 25.6. The normalized spacial score (nSPS) is 17.1. The second kappa shape index (κ2) is 14.6. The van der Waals surface area contributed by atoms with Gasteiger partial charge in [-0.3, -0.25) is 0 Å². The van der Waals surface area contributed by atoms with E-state index in [1.54, 1.807) is 11.8 Å². The summed E-state index contributed by atoms with van der Waals surface area (Å²) in [7, 11) is 0. The summed E-state index contributed by atoms with van der Waals surface area (Å²) < 4.78 is 13.8. The highest BCUT2D eigenvalue weighted by molar-refractivity contribution is 8.05. The molecular formula is C66H51NO2S3. The fourth-order valence-electron chi connectivity index (χ4n) is 13.2. The first-order valence-electron chi connectivity index (χ1n) is 25.1. The van der Waals surface area contributed by atoms with Gasteiger partial charge in [-0.1, -0.05) is 176 Å². The molecule has 350 valence electrons. The van der Waals surface area contributed by atoms with E-state index in [1.165, 1.54) is 97.5 Å². The Kier molecular flexibility index (Phi) is 8.71. The van der Waals surface area contributed by atoms with Gasteiger partial charge in [-0.25, -0.2) is 0 Å². The van der Waals surface area contributed by atoms with Crippen molar-refractivity contribution in [3.8, 4) is 56.4 Å². The molecule has 0 N–H and O–H groups in total. The minimum absolute atomic E-state index is 0.207. The summed E-state index contributed by atoms with van der Waals surface area (Å²) >= 11 is 5.63. The smallest absolute Gasteiger partial charge is 0.149 e. The van der Waals surface area contributed by atoms with Crippen LogP contribution in [-0.4, -0.2) is 0 Å². The van der Waals surface area contributed by atoms with Crippen LogP contribution in [0.1, 0.15) is 99.9 Å². The van der Waals surface area contributed by atoms with Gasteiger partial charge in [0, 0.05) is 86.1 Å². The number of ether oxygens (including phenoxy) is 2. The van der Waals surface area contributed by atoms with Crippen molar-refractivity contribution in [2.45, 2.75) is 106 Å². The molecule has 3 nitrogen and oxygen atoms in total. The van der Waals surface area contributed by atoms with Gasteiger partial charge in [-0.15, -0.1) is 0 Å². The third-order valence-corrected chi connectivity index (χ3v) is 20.7. The SMILES string of the molecule is CC1(C)c2ccccc2Oc2c1ccc1c2-c2ccc(N(c3ccc4c(c3)C(C)(C)c3ccc5c(c3-4)Oc3ccccc3S5)c3ccc4c(c3)C(C)(C)c3ccc5c(c3-4)Sc3ccccc3S5)cc2C1(C)C. The van der Waals surface area contributed by atoms with E-state index >= 15 is 0 Å². The number of nitrogens with zero attached hydrogens (tertiary/aromatic N) is 1. The zero-order valence-electron chi connectivity index (χ0n) is 41.6. The van der Waals surface area contributed by atoms with Gasteiger partial charge < -0.3 is 14.4 Å². The van der Waals surface area contributed by atoms with Crippen molar-refractivity contribution < 1.29 is 9.47 Å². The predicted molar refractivity (Wildman–Crippen MR) is 298 cm³/mol. The van der Waals surface area contributed by atoms with Gasteiger partial charge >= 0.3 is 0 Å². The highest BCUT2D eigenvalue weighted by Gasteiger charge is 2.45. The molecule has 0 aromatic heterocycles. The molecule has 0 unspecified atom stereocenters. The molecule has 0 spiro atoms. The summed E-state index contributed by atoms with van der Waals surface area (Å²) in [4.78, 5) is 10.2. The highest BCUT2D eigenvalue weighted by Crippen LogP contribution is 2.63. The van der Waals surface area contributed by atoms with Crippen molar-refractivity contribution >= 4 is 52.3 Å². The van der Waals surface area contributed by atoms with E-state index < -0.39 is 0 Å². The van der Waals surface area contributed by atoms with E-state index in [0.29, 0.717) is 0 Å². The van der Waals surface area contributed by atoms with Crippen molar-refractivity contribution in [3.05, 3.63) is 208 Å². The molecule has 6 heteroatoms. The third-order valence-electron chi connectivity index (χ3n) is 17.0. The van der Waals surface area contributed by atoms with E-state index in [9.17, 15) is 0 Å². The zero-order valence-corrected chi connectivity index (χ0v) is 44.0. The third kappa shape index (κ3) is 5.69. The molecule has 3 heterocycles. The van der Waals surface area contributed by atoms with Gasteiger partial charge in [0.2, 0.25) is 0 Å². The summed E-state index contributed by atoms with van der Waals surface area (Å²) in [5, 5.41) is 0. The van der Waals surface area contributed by atoms with Crippen LogP contribution < -0.4 is 14.4 Å². The summed E-state index contributed by atoms with van der Waals surface area (Å²) in [6, 6.07) is 61.5. The number of anilines is 3. The Morgan fingerprint density at radius 1 is 0.319 bits per heavy atom. The first-order chi connectivity index (χ1) is 34.7. The Morgan fingerprint density at radius 2 is 0.750 bits per heavy atom. The van der Waals surface area contributed by atoms with Crippen LogP contribution in [0.5, 0.6) is 23.0 Å². The molecule has 72 heavy (non-hydrogen) atoms. The number of hydrogen-bond donors (Lipinski definition) is 0. The molecule has 0 fully saturated rings. The number of rotatable bonds is 3. The molecule has 0 atom stereocenters. The predicted octanol–water partition coefficient (Wildman–Crippen LogP) is 19.4. The Morgan fingerprint density at radius 3 is 1.38 bits per heavy atom. The van der Waals surface area contributed by atoms with Crippen molar-refractivity contribution in [2.24, 2.45) is 0 Å². The average molecular weight is 986 g/mol.